The summed E-state index contributed by atoms with van der Waals surface area (Å²) >= 11 is 0. The number of ether oxygens (including phenoxy) is 1. The number of benzene rings is 1. The van der Waals surface area contributed by atoms with E-state index < -0.39 is 17.9 Å². The van der Waals surface area contributed by atoms with Crippen molar-refractivity contribution in [1.29, 1.82) is 0 Å². The fourth-order valence-corrected chi connectivity index (χ4v) is 4.89. The van der Waals surface area contributed by atoms with Crippen LogP contribution in [-0.2, 0) is 4.74 Å². The third-order valence-electron chi connectivity index (χ3n) is 6.12. The van der Waals surface area contributed by atoms with E-state index >= 15 is 0 Å². The summed E-state index contributed by atoms with van der Waals surface area (Å²) in [6, 6.07) is 6.03. The van der Waals surface area contributed by atoms with Crippen LogP contribution < -0.4 is 5.32 Å². The maximum Gasteiger partial charge on any atom is 0.407 e. The predicted octanol–water partition coefficient (Wildman–Crippen LogP) is 3.24. The molecule has 1 aromatic heterocycles. The molecule has 1 N–H and O–H groups in total. The van der Waals surface area contributed by atoms with Crippen LogP contribution in [0.4, 0.5) is 13.6 Å². The van der Waals surface area contributed by atoms with Crippen molar-refractivity contribution < 1.29 is 18.3 Å². The van der Waals surface area contributed by atoms with Crippen LogP contribution in [0, 0.1) is 5.82 Å². The third-order valence-corrected chi connectivity index (χ3v) is 6.12. The summed E-state index contributed by atoms with van der Waals surface area (Å²) in [4.78, 5) is 15.9. The van der Waals surface area contributed by atoms with Crippen LogP contribution in [0.2, 0.25) is 0 Å². The van der Waals surface area contributed by atoms with Crippen LogP contribution in [0.15, 0.2) is 30.6 Å². The summed E-state index contributed by atoms with van der Waals surface area (Å²) in [6.07, 6.45) is 1.52. The number of tetrazole rings is 1. The lowest BCUT2D eigenvalue weighted by atomic mass is 9.96. The zero-order valence-electron chi connectivity index (χ0n) is 18.6. The Balaban J connectivity index is 1.51. The Morgan fingerprint density at radius 1 is 1.12 bits per heavy atom. The highest BCUT2D eigenvalue weighted by molar-refractivity contribution is 5.68. The summed E-state index contributed by atoms with van der Waals surface area (Å²) in [7, 11) is 0. The van der Waals surface area contributed by atoms with Gasteiger partial charge in [-0.1, -0.05) is 12.1 Å². The second-order valence-corrected chi connectivity index (χ2v) is 9.74. The number of rotatable bonds is 4. The minimum Gasteiger partial charge on any atom is -0.444 e. The van der Waals surface area contributed by atoms with Crippen LogP contribution in [-0.4, -0.2) is 68.1 Å². The molecule has 0 unspecified atom stereocenters. The van der Waals surface area contributed by atoms with E-state index in [-0.39, 0.29) is 42.8 Å². The average Bonchev–Trinajstić information content (AvgIpc) is 3.36. The van der Waals surface area contributed by atoms with Gasteiger partial charge in [0.1, 0.15) is 17.6 Å². The van der Waals surface area contributed by atoms with Crippen molar-refractivity contribution in [1.82, 2.24) is 30.4 Å². The smallest absolute Gasteiger partial charge is 0.407 e. The Bertz CT molecular complexity index is 902. The Hall–Kier alpha value is -2.62. The predicted molar refractivity (Wildman–Crippen MR) is 113 cm³/mol. The molecule has 1 aromatic carbocycles. The van der Waals surface area contributed by atoms with Gasteiger partial charge in [-0.2, -0.15) is 4.80 Å². The number of hydrogen-bond donors (Lipinski definition) is 1. The standard InChI is InChI=1S/C22H30F2N6O2/c1-22(2,3)32-21(31)27-18-10-17(24)11-29(12-18)19-8-15(14-4-6-16(23)7-5-14)9-20(19)30-26-13-25-28-30/h4-7,13,15,17-20H,8-12H2,1-3H3,(H,27,31)/t15-,17-,18-,19-,20-/m1/s1. The molecular formula is C22H30F2N6O2. The number of carbonyl (C=O) groups excluding carboxylic acids is 1. The van der Waals surface area contributed by atoms with Gasteiger partial charge in [0.15, 0.2) is 6.33 Å². The van der Waals surface area contributed by atoms with Crippen LogP contribution in [0.3, 0.4) is 0 Å². The van der Waals surface area contributed by atoms with E-state index in [0.717, 1.165) is 18.4 Å². The second kappa shape index (κ2) is 9.09. The number of likely N-dealkylation sites (tertiary alicyclic amines) is 1. The minimum absolute atomic E-state index is 0.0410. The normalized spacial score (nSPS) is 29.1. The Morgan fingerprint density at radius 3 is 2.50 bits per heavy atom. The van der Waals surface area contributed by atoms with Gasteiger partial charge in [-0.3, -0.25) is 4.90 Å². The second-order valence-electron chi connectivity index (χ2n) is 9.74. The highest BCUT2D eigenvalue weighted by atomic mass is 19.1. The summed E-state index contributed by atoms with van der Waals surface area (Å²) < 4.78 is 33.5. The topological polar surface area (TPSA) is 85.2 Å². The highest BCUT2D eigenvalue weighted by Gasteiger charge is 2.43. The van der Waals surface area contributed by atoms with Gasteiger partial charge in [-0.05, 0) is 62.4 Å². The number of nitrogens with zero attached hydrogens (tertiary/aromatic N) is 5. The van der Waals surface area contributed by atoms with Crippen LogP contribution in [0.1, 0.15) is 57.6 Å². The highest BCUT2D eigenvalue weighted by Crippen LogP contribution is 2.43. The van der Waals surface area contributed by atoms with Crippen LogP contribution >= 0.6 is 0 Å². The van der Waals surface area contributed by atoms with Crippen molar-refractivity contribution >= 4 is 6.09 Å². The Morgan fingerprint density at radius 2 is 1.84 bits per heavy atom. The summed E-state index contributed by atoms with van der Waals surface area (Å²) in [5, 5.41) is 15.0. The number of alkyl halides is 1. The summed E-state index contributed by atoms with van der Waals surface area (Å²) in [5.41, 5.74) is 0.418. The Kier molecular flexibility index (Phi) is 6.41. The van der Waals surface area contributed by atoms with Crippen LogP contribution in [0.25, 0.3) is 0 Å². The van der Waals surface area contributed by atoms with Gasteiger partial charge >= 0.3 is 6.09 Å². The Labute approximate surface area is 186 Å². The fourth-order valence-electron chi connectivity index (χ4n) is 4.89. The van der Waals surface area contributed by atoms with Gasteiger partial charge in [0, 0.05) is 31.6 Å². The van der Waals surface area contributed by atoms with Crippen molar-refractivity contribution in [3.63, 3.8) is 0 Å². The molecule has 4 rings (SSSR count). The number of hydrogen-bond acceptors (Lipinski definition) is 6. The molecule has 2 aliphatic rings. The molecule has 0 radical (unpaired) electrons. The van der Waals surface area contributed by atoms with Crippen molar-refractivity contribution in [2.75, 3.05) is 13.1 Å². The number of amides is 1. The molecule has 2 heterocycles. The number of aromatic nitrogens is 4. The van der Waals surface area contributed by atoms with Gasteiger partial charge < -0.3 is 10.1 Å². The molecule has 0 bridgehead atoms. The van der Waals surface area contributed by atoms with Gasteiger partial charge in [-0.25, -0.2) is 13.6 Å². The monoisotopic (exact) mass is 448 g/mol. The first-order valence-electron chi connectivity index (χ1n) is 11.0. The molecule has 1 saturated heterocycles. The van der Waals surface area contributed by atoms with Crippen molar-refractivity contribution in [3.8, 4) is 0 Å². The zero-order chi connectivity index (χ0) is 22.9. The summed E-state index contributed by atoms with van der Waals surface area (Å²) in [5.74, 6) is -0.112. The molecule has 1 aliphatic heterocycles. The first-order chi connectivity index (χ1) is 15.2. The number of alkyl carbamates (subject to hydrolysis) is 1. The van der Waals surface area contributed by atoms with Gasteiger partial charge in [-0.15, -0.1) is 10.2 Å². The number of halogens is 2. The molecule has 1 amide bonds. The van der Waals surface area contributed by atoms with Crippen LogP contribution in [0.5, 0.6) is 0 Å². The van der Waals surface area contributed by atoms with Gasteiger partial charge in [0.2, 0.25) is 0 Å². The zero-order valence-corrected chi connectivity index (χ0v) is 18.6. The molecule has 2 aromatic rings. The maximum atomic E-state index is 14.7. The van der Waals surface area contributed by atoms with E-state index in [4.69, 9.17) is 4.74 Å². The van der Waals surface area contributed by atoms with E-state index in [9.17, 15) is 13.6 Å². The van der Waals surface area contributed by atoms with E-state index in [1.165, 1.54) is 18.5 Å². The molecule has 32 heavy (non-hydrogen) atoms. The van der Waals surface area contributed by atoms with Crippen molar-refractivity contribution in [2.24, 2.45) is 0 Å². The number of nitrogens with one attached hydrogen (secondary N) is 1. The lowest BCUT2D eigenvalue weighted by molar-refractivity contribution is 0.0332. The number of carbonyl (C=O) groups is 1. The first-order valence-corrected chi connectivity index (χ1v) is 11.0. The molecule has 5 atom stereocenters. The third kappa shape index (κ3) is 5.40. The molecule has 10 heteroatoms. The molecule has 1 saturated carbocycles. The first kappa shape index (κ1) is 22.6. The van der Waals surface area contributed by atoms with Gasteiger partial charge in [0.25, 0.3) is 0 Å². The SMILES string of the molecule is CC(C)(C)OC(=O)N[C@@H]1C[C@@H](F)CN([C@@H]2C[C@@H](c3ccc(F)cc3)C[C@H]2n2ncnn2)C1. The van der Waals surface area contributed by atoms with E-state index in [0.29, 0.717) is 6.54 Å². The number of piperidine rings is 1. The lowest BCUT2D eigenvalue weighted by Crippen LogP contribution is -2.56. The largest absolute Gasteiger partial charge is 0.444 e. The fraction of sp³-hybridized carbons (Fsp3) is 0.636. The van der Waals surface area contributed by atoms with Gasteiger partial charge in [0.05, 0.1) is 6.04 Å². The molecule has 2 fully saturated rings. The molecular weight excluding hydrogens is 418 g/mol. The van der Waals surface area contributed by atoms with Crippen molar-refractivity contribution in [3.05, 3.63) is 42.0 Å². The van der Waals surface area contributed by atoms with Crippen molar-refractivity contribution in [2.45, 2.75) is 75.8 Å². The molecule has 1 aliphatic carbocycles. The lowest BCUT2D eigenvalue weighted by Gasteiger charge is -2.40. The van der Waals surface area contributed by atoms with E-state index in [2.05, 4.69) is 25.6 Å². The quantitative estimate of drug-likeness (QED) is 0.773. The average molecular weight is 449 g/mol. The minimum atomic E-state index is -1.07. The molecule has 8 nitrogen and oxygen atoms in total. The van der Waals surface area contributed by atoms with E-state index in [1.54, 1.807) is 37.7 Å². The molecule has 0 spiro atoms. The summed E-state index contributed by atoms with van der Waals surface area (Å²) in [6.45, 7) is 6.16. The van der Waals surface area contributed by atoms with E-state index in [1.807, 2.05) is 0 Å². The maximum absolute atomic E-state index is 14.7. The molecule has 174 valence electrons.